The molecule has 0 radical (unpaired) electrons. The number of hydrogen-bond donors (Lipinski definition) is 3. The Morgan fingerprint density at radius 3 is 2.43 bits per heavy atom. The summed E-state index contributed by atoms with van der Waals surface area (Å²) in [7, 11) is 0. The van der Waals surface area contributed by atoms with Crippen LogP contribution in [0.25, 0.3) is 0 Å². The Morgan fingerprint density at radius 2 is 1.67 bits per heavy atom. The smallest absolute Gasteiger partial charge is 0.319 e. The highest BCUT2D eigenvalue weighted by molar-refractivity contribution is 5.94. The van der Waals surface area contributed by atoms with E-state index < -0.39 is 0 Å². The summed E-state index contributed by atoms with van der Waals surface area (Å²) in [5, 5.41) is 8.88. The van der Waals surface area contributed by atoms with Crippen molar-refractivity contribution in [1.29, 1.82) is 0 Å². The summed E-state index contributed by atoms with van der Waals surface area (Å²) in [4.78, 5) is 26.9. The molecule has 2 fully saturated rings. The van der Waals surface area contributed by atoms with Gasteiger partial charge in [-0.05, 0) is 55.5 Å². The minimum atomic E-state index is -0.232. The number of carbonyl (C=O) groups excluding carboxylic acids is 2. The Bertz CT molecular complexity index is 886. The monoisotopic (exact) mass is 406 g/mol. The third-order valence-electron chi connectivity index (χ3n) is 5.69. The predicted molar refractivity (Wildman–Crippen MR) is 121 cm³/mol. The first-order chi connectivity index (χ1) is 14.7. The van der Waals surface area contributed by atoms with Crippen LogP contribution in [0.4, 0.5) is 21.9 Å². The molecule has 1 heterocycles. The van der Waals surface area contributed by atoms with Crippen LogP contribution in [0.2, 0.25) is 0 Å². The minimum absolute atomic E-state index is 0.0861. The van der Waals surface area contributed by atoms with Gasteiger partial charge in [0.25, 0.3) is 0 Å². The van der Waals surface area contributed by atoms with Gasteiger partial charge >= 0.3 is 6.03 Å². The number of amides is 3. The van der Waals surface area contributed by atoms with E-state index >= 15 is 0 Å². The van der Waals surface area contributed by atoms with Gasteiger partial charge in [0, 0.05) is 31.2 Å². The van der Waals surface area contributed by atoms with Crippen molar-refractivity contribution in [3.05, 3.63) is 54.1 Å². The summed E-state index contributed by atoms with van der Waals surface area (Å²) in [5.41, 5.74) is 3.64. The summed E-state index contributed by atoms with van der Waals surface area (Å²) in [6, 6.07) is 15.4. The van der Waals surface area contributed by atoms with E-state index in [4.69, 9.17) is 0 Å². The summed E-state index contributed by atoms with van der Waals surface area (Å²) < 4.78 is 0. The number of nitrogens with zero attached hydrogens (tertiary/aromatic N) is 1. The Labute approximate surface area is 178 Å². The van der Waals surface area contributed by atoms with Gasteiger partial charge in [-0.15, -0.1) is 0 Å². The molecule has 3 amide bonds. The molecule has 6 heteroatoms. The highest BCUT2D eigenvalue weighted by Gasteiger charge is 2.29. The molecule has 0 bridgehead atoms. The maximum absolute atomic E-state index is 12.5. The average molecular weight is 407 g/mol. The molecule has 30 heavy (non-hydrogen) atoms. The third-order valence-corrected chi connectivity index (χ3v) is 5.69. The second-order valence-electron chi connectivity index (χ2n) is 8.19. The number of benzene rings is 2. The number of carbonyl (C=O) groups is 2. The standard InChI is InChI=1S/C24H30N4O2/c29-23(19-12-13-19)26-20-9-7-8-18(16-20)17-25-24(30)27-21-10-3-4-11-22(21)28-14-5-1-2-6-15-28/h3-4,7-11,16,19H,1-2,5-6,12-15,17H2,(H,26,29)(H2,25,27,30). The molecule has 1 saturated carbocycles. The summed E-state index contributed by atoms with van der Waals surface area (Å²) in [6.45, 7) is 2.45. The van der Waals surface area contributed by atoms with Crippen molar-refractivity contribution in [1.82, 2.24) is 5.32 Å². The van der Waals surface area contributed by atoms with Gasteiger partial charge in [0.05, 0.1) is 11.4 Å². The zero-order chi connectivity index (χ0) is 20.8. The summed E-state index contributed by atoms with van der Waals surface area (Å²) >= 11 is 0. The number of rotatable bonds is 6. The van der Waals surface area contributed by atoms with E-state index in [-0.39, 0.29) is 17.9 Å². The van der Waals surface area contributed by atoms with Gasteiger partial charge in [-0.3, -0.25) is 4.79 Å². The van der Waals surface area contributed by atoms with Crippen molar-refractivity contribution in [2.75, 3.05) is 28.6 Å². The van der Waals surface area contributed by atoms with Crippen molar-refractivity contribution in [3.63, 3.8) is 0 Å². The number of para-hydroxylation sites is 2. The quantitative estimate of drug-likeness (QED) is 0.649. The lowest BCUT2D eigenvalue weighted by Gasteiger charge is -2.25. The van der Waals surface area contributed by atoms with Crippen LogP contribution >= 0.6 is 0 Å². The Balaban J connectivity index is 1.33. The molecule has 1 aliphatic heterocycles. The highest BCUT2D eigenvalue weighted by Crippen LogP contribution is 2.30. The normalized spacial score (nSPS) is 16.5. The SMILES string of the molecule is O=C(NCc1cccc(NC(=O)C2CC2)c1)Nc1ccccc1N1CCCCCC1. The molecule has 1 saturated heterocycles. The van der Waals surface area contributed by atoms with Crippen LogP contribution in [-0.2, 0) is 11.3 Å². The van der Waals surface area contributed by atoms with E-state index in [0.717, 1.165) is 48.6 Å². The van der Waals surface area contributed by atoms with Crippen molar-refractivity contribution < 1.29 is 9.59 Å². The van der Waals surface area contributed by atoms with Gasteiger partial charge in [0.15, 0.2) is 0 Å². The molecule has 2 aromatic carbocycles. The predicted octanol–water partition coefficient (Wildman–Crippen LogP) is 4.74. The van der Waals surface area contributed by atoms with E-state index in [1.54, 1.807) is 0 Å². The second-order valence-corrected chi connectivity index (χ2v) is 8.19. The van der Waals surface area contributed by atoms with Gasteiger partial charge in [-0.1, -0.05) is 37.1 Å². The minimum Gasteiger partial charge on any atom is -0.370 e. The number of urea groups is 1. The maximum atomic E-state index is 12.5. The first-order valence-corrected chi connectivity index (χ1v) is 11.0. The first kappa shape index (κ1) is 20.3. The largest absolute Gasteiger partial charge is 0.370 e. The van der Waals surface area contributed by atoms with Crippen LogP contribution < -0.4 is 20.9 Å². The molecular weight excluding hydrogens is 376 g/mol. The van der Waals surface area contributed by atoms with Crippen molar-refractivity contribution in [2.24, 2.45) is 5.92 Å². The fourth-order valence-electron chi connectivity index (χ4n) is 3.86. The Kier molecular flexibility index (Phi) is 6.52. The van der Waals surface area contributed by atoms with Gasteiger partial charge < -0.3 is 20.9 Å². The van der Waals surface area contributed by atoms with Crippen LogP contribution in [-0.4, -0.2) is 25.0 Å². The zero-order valence-electron chi connectivity index (χ0n) is 17.3. The molecule has 3 N–H and O–H groups in total. The topological polar surface area (TPSA) is 73.5 Å². The number of anilines is 3. The highest BCUT2D eigenvalue weighted by atomic mass is 16.2. The maximum Gasteiger partial charge on any atom is 0.319 e. The van der Waals surface area contributed by atoms with E-state index in [1.165, 1.54) is 25.7 Å². The fraction of sp³-hybridized carbons (Fsp3) is 0.417. The number of hydrogen-bond acceptors (Lipinski definition) is 3. The third kappa shape index (κ3) is 5.53. The molecule has 2 aromatic rings. The fourth-order valence-corrected chi connectivity index (χ4v) is 3.86. The van der Waals surface area contributed by atoms with E-state index in [0.29, 0.717) is 6.54 Å². The molecule has 0 aromatic heterocycles. The zero-order valence-corrected chi connectivity index (χ0v) is 17.3. The van der Waals surface area contributed by atoms with E-state index in [2.05, 4.69) is 26.9 Å². The summed E-state index contributed by atoms with van der Waals surface area (Å²) in [6.07, 6.45) is 6.88. The van der Waals surface area contributed by atoms with E-state index in [9.17, 15) is 9.59 Å². The average Bonchev–Trinajstić information content (AvgIpc) is 3.60. The first-order valence-electron chi connectivity index (χ1n) is 11.0. The lowest BCUT2D eigenvalue weighted by molar-refractivity contribution is -0.117. The van der Waals surface area contributed by atoms with Gasteiger partial charge in [0.1, 0.15) is 0 Å². The van der Waals surface area contributed by atoms with Crippen LogP contribution in [0.5, 0.6) is 0 Å². The van der Waals surface area contributed by atoms with Gasteiger partial charge in [0.2, 0.25) is 5.91 Å². The lowest BCUT2D eigenvalue weighted by Crippen LogP contribution is -2.30. The van der Waals surface area contributed by atoms with Crippen LogP contribution in [0.3, 0.4) is 0 Å². The number of nitrogens with one attached hydrogen (secondary N) is 3. The van der Waals surface area contributed by atoms with Crippen molar-refractivity contribution >= 4 is 29.0 Å². The molecule has 158 valence electrons. The molecule has 1 aliphatic carbocycles. The van der Waals surface area contributed by atoms with Crippen LogP contribution in [0.1, 0.15) is 44.1 Å². The Hall–Kier alpha value is -3.02. The van der Waals surface area contributed by atoms with Crippen molar-refractivity contribution in [2.45, 2.75) is 45.1 Å². The summed E-state index contributed by atoms with van der Waals surface area (Å²) in [5.74, 6) is 0.254. The van der Waals surface area contributed by atoms with Crippen molar-refractivity contribution in [3.8, 4) is 0 Å². The van der Waals surface area contributed by atoms with Crippen LogP contribution in [0, 0.1) is 5.92 Å². The van der Waals surface area contributed by atoms with E-state index in [1.807, 2.05) is 42.5 Å². The molecule has 2 aliphatic rings. The second kappa shape index (κ2) is 9.65. The molecule has 0 spiro atoms. The van der Waals surface area contributed by atoms with Gasteiger partial charge in [-0.2, -0.15) is 0 Å². The van der Waals surface area contributed by atoms with Gasteiger partial charge in [-0.25, -0.2) is 4.79 Å². The Morgan fingerprint density at radius 1 is 0.900 bits per heavy atom. The molecule has 4 rings (SSSR count). The molecule has 0 atom stereocenters. The lowest BCUT2D eigenvalue weighted by atomic mass is 10.2. The molecular formula is C24H30N4O2. The van der Waals surface area contributed by atoms with Crippen LogP contribution in [0.15, 0.2) is 48.5 Å². The molecule has 6 nitrogen and oxygen atoms in total. The molecule has 0 unspecified atom stereocenters.